The summed E-state index contributed by atoms with van der Waals surface area (Å²) in [7, 11) is 0. The first-order valence-corrected chi connectivity index (χ1v) is 7.67. The minimum atomic E-state index is -0.748. The molecule has 4 nitrogen and oxygen atoms in total. The summed E-state index contributed by atoms with van der Waals surface area (Å²) >= 11 is 0. The number of likely N-dealkylation sites (tertiary alicyclic amines) is 1. The maximum absolute atomic E-state index is 13.0. The molecule has 1 aromatic rings. The maximum atomic E-state index is 13.0. The van der Waals surface area contributed by atoms with Gasteiger partial charge in [0.1, 0.15) is 0 Å². The monoisotopic (exact) mass is 286 g/mol. The van der Waals surface area contributed by atoms with Crippen LogP contribution in [0.15, 0.2) is 30.3 Å². The third kappa shape index (κ3) is 2.01. The predicted molar refractivity (Wildman–Crippen MR) is 80.2 cm³/mol. The Hall–Kier alpha value is -1.68. The Labute approximate surface area is 125 Å². The second-order valence-electron chi connectivity index (χ2n) is 6.54. The second kappa shape index (κ2) is 4.95. The molecule has 2 amide bonds. The van der Waals surface area contributed by atoms with Crippen LogP contribution in [0.25, 0.3) is 0 Å². The van der Waals surface area contributed by atoms with Gasteiger partial charge in [0.2, 0.25) is 11.8 Å². The largest absolute Gasteiger partial charge is 0.328 e. The SMILES string of the molecule is CC(CN)(c1ccccc1)N1C(=O)CC2(CCCC2)C1=O. The Morgan fingerprint density at radius 1 is 1.19 bits per heavy atom. The van der Waals surface area contributed by atoms with Crippen LogP contribution in [0.5, 0.6) is 0 Å². The molecule has 1 spiro atoms. The van der Waals surface area contributed by atoms with E-state index in [9.17, 15) is 9.59 Å². The van der Waals surface area contributed by atoms with E-state index in [1.807, 2.05) is 37.3 Å². The molecule has 1 aromatic carbocycles. The predicted octanol–water partition coefficient (Wildman–Crippen LogP) is 2.18. The quantitative estimate of drug-likeness (QED) is 0.866. The van der Waals surface area contributed by atoms with E-state index in [4.69, 9.17) is 5.73 Å². The minimum Gasteiger partial charge on any atom is -0.328 e. The van der Waals surface area contributed by atoms with Crippen LogP contribution in [0.1, 0.15) is 44.6 Å². The second-order valence-corrected chi connectivity index (χ2v) is 6.54. The summed E-state index contributed by atoms with van der Waals surface area (Å²) < 4.78 is 0. The summed E-state index contributed by atoms with van der Waals surface area (Å²) in [5.41, 5.74) is 5.71. The van der Waals surface area contributed by atoms with Crippen molar-refractivity contribution in [3.63, 3.8) is 0 Å². The van der Waals surface area contributed by atoms with Gasteiger partial charge in [0, 0.05) is 13.0 Å². The molecular weight excluding hydrogens is 264 g/mol. The van der Waals surface area contributed by atoms with Crippen molar-refractivity contribution in [2.45, 2.75) is 44.6 Å². The molecule has 1 saturated heterocycles. The summed E-state index contributed by atoms with van der Waals surface area (Å²) in [5, 5.41) is 0. The molecule has 1 saturated carbocycles. The minimum absolute atomic E-state index is 0.0122. The number of rotatable bonds is 3. The fourth-order valence-electron chi connectivity index (χ4n) is 3.87. The first kappa shape index (κ1) is 14.3. The third-order valence-corrected chi connectivity index (χ3v) is 5.24. The molecule has 0 aromatic heterocycles. The number of carbonyl (C=O) groups excluding carboxylic acids is 2. The van der Waals surface area contributed by atoms with E-state index >= 15 is 0 Å². The molecule has 3 rings (SSSR count). The number of amides is 2. The molecule has 1 aliphatic heterocycles. The van der Waals surface area contributed by atoms with Crippen LogP contribution in [0, 0.1) is 5.41 Å². The van der Waals surface area contributed by atoms with Gasteiger partial charge in [0.05, 0.1) is 11.0 Å². The van der Waals surface area contributed by atoms with Crippen LogP contribution < -0.4 is 5.73 Å². The fraction of sp³-hybridized carbons (Fsp3) is 0.529. The van der Waals surface area contributed by atoms with Gasteiger partial charge >= 0.3 is 0 Å². The van der Waals surface area contributed by atoms with Gasteiger partial charge < -0.3 is 5.73 Å². The number of carbonyl (C=O) groups is 2. The molecule has 1 aliphatic carbocycles. The highest BCUT2D eigenvalue weighted by Gasteiger charge is 2.57. The summed E-state index contributed by atoms with van der Waals surface area (Å²) in [6, 6.07) is 9.63. The molecule has 21 heavy (non-hydrogen) atoms. The van der Waals surface area contributed by atoms with Crippen molar-refractivity contribution in [2.75, 3.05) is 6.54 Å². The molecule has 1 atom stereocenters. The van der Waals surface area contributed by atoms with Gasteiger partial charge in [-0.3, -0.25) is 14.5 Å². The number of benzene rings is 1. The van der Waals surface area contributed by atoms with Crippen LogP contribution in [-0.2, 0) is 15.1 Å². The topological polar surface area (TPSA) is 63.4 Å². The molecular formula is C17H22N2O2. The zero-order valence-corrected chi connectivity index (χ0v) is 12.5. The van der Waals surface area contributed by atoms with Crippen molar-refractivity contribution in [3.8, 4) is 0 Å². The van der Waals surface area contributed by atoms with Crippen molar-refractivity contribution in [1.29, 1.82) is 0 Å². The van der Waals surface area contributed by atoms with Gasteiger partial charge in [0.15, 0.2) is 0 Å². The Morgan fingerprint density at radius 2 is 1.81 bits per heavy atom. The third-order valence-electron chi connectivity index (χ3n) is 5.24. The van der Waals surface area contributed by atoms with Crippen molar-refractivity contribution >= 4 is 11.8 Å². The highest BCUT2D eigenvalue weighted by atomic mass is 16.2. The molecule has 2 N–H and O–H groups in total. The standard InChI is InChI=1S/C17H22N2O2/c1-16(12-18,13-7-3-2-4-8-13)19-14(20)11-17(15(19)21)9-5-6-10-17/h2-4,7-8H,5-6,9-12,18H2,1H3. The highest BCUT2D eigenvalue weighted by molar-refractivity contribution is 6.06. The molecule has 112 valence electrons. The first-order chi connectivity index (χ1) is 10.0. The Morgan fingerprint density at radius 3 is 2.38 bits per heavy atom. The van der Waals surface area contributed by atoms with E-state index in [0.717, 1.165) is 31.2 Å². The molecule has 2 fully saturated rings. The van der Waals surface area contributed by atoms with Crippen LogP contribution >= 0.6 is 0 Å². The van der Waals surface area contributed by atoms with Crippen molar-refractivity contribution < 1.29 is 9.59 Å². The van der Waals surface area contributed by atoms with E-state index in [1.165, 1.54) is 4.90 Å². The summed E-state index contributed by atoms with van der Waals surface area (Å²) in [4.78, 5) is 27.0. The summed E-state index contributed by atoms with van der Waals surface area (Å²) in [5.74, 6) is -0.0829. The Kier molecular flexibility index (Phi) is 3.36. The van der Waals surface area contributed by atoms with E-state index in [0.29, 0.717) is 6.42 Å². The summed E-state index contributed by atoms with van der Waals surface area (Å²) in [6.45, 7) is 2.14. The highest BCUT2D eigenvalue weighted by Crippen LogP contribution is 2.49. The molecule has 2 aliphatic rings. The number of nitrogens with two attached hydrogens (primary N) is 1. The maximum Gasteiger partial charge on any atom is 0.236 e. The van der Waals surface area contributed by atoms with Gasteiger partial charge in [-0.05, 0) is 25.3 Å². The normalized spacial score (nSPS) is 23.8. The average molecular weight is 286 g/mol. The smallest absolute Gasteiger partial charge is 0.236 e. The number of nitrogens with zero attached hydrogens (tertiary/aromatic N) is 1. The van der Waals surface area contributed by atoms with Crippen LogP contribution in [0.4, 0.5) is 0 Å². The summed E-state index contributed by atoms with van der Waals surface area (Å²) in [6.07, 6.45) is 4.11. The number of hydrogen-bond acceptors (Lipinski definition) is 3. The van der Waals surface area contributed by atoms with Crippen molar-refractivity contribution in [3.05, 3.63) is 35.9 Å². The van der Waals surface area contributed by atoms with E-state index in [-0.39, 0.29) is 18.4 Å². The lowest BCUT2D eigenvalue weighted by Crippen LogP contribution is -2.53. The van der Waals surface area contributed by atoms with Crippen molar-refractivity contribution in [2.24, 2.45) is 11.1 Å². The van der Waals surface area contributed by atoms with Gasteiger partial charge in [-0.2, -0.15) is 0 Å². The van der Waals surface area contributed by atoms with Crippen molar-refractivity contribution in [1.82, 2.24) is 4.90 Å². The average Bonchev–Trinajstić information content (AvgIpc) is 3.06. The molecule has 0 radical (unpaired) electrons. The lowest BCUT2D eigenvalue weighted by atomic mass is 9.84. The Balaban J connectivity index is 2.01. The molecule has 1 heterocycles. The van der Waals surface area contributed by atoms with Gasteiger partial charge in [0.25, 0.3) is 0 Å². The van der Waals surface area contributed by atoms with E-state index in [2.05, 4.69) is 0 Å². The van der Waals surface area contributed by atoms with Gasteiger partial charge in [-0.25, -0.2) is 0 Å². The number of imide groups is 1. The fourth-order valence-corrected chi connectivity index (χ4v) is 3.87. The van der Waals surface area contributed by atoms with E-state index in [1.54, 1.807) is 0 Å². The van der Waals surface area contributed by atoms with Crippen LogP contribution in [0.2, 0.25) is 0 Å². The molecule has 1 unspecified atom stereocenters. The first-order valence-electron chi connectivity index (χ1n) is 7.67. The molecule has 4 heteroatoms. The number of hydrogen-bond donors (Lipinski definition) is 1. The van der Waals surface area contributed by atoms with Crippen LogP contribution in [-0.4, -0.2) is 23.3 Å². The Bertz CT molecular complexity index is 563. The van der Waals surface area contributed by atoms with Crippen LogP contribution in [0.3, 0.4) is 0 Å². The van der Waals surface area contributed by atoms with Gasteiger partial charge in [-0.15, -0.1) is 0 Å². The van der Waals surface area contributed by atoms with Gasteiger partial charge in [-0.1, -0.05) is 43.2 Å². The zero-order chi connectivity index (χ0) is 15.1. The lowest BCUT2D eigenvalue weighted by molar-refractivity contribution is -0.148. The zero-order valence-electron chi connectivity index (χ0n) is 12.5. The molecule has 0 bridgehead atoms. The lowest BCUT2D eigenvalue weighted by Gasteiger charge is -2.38. The van der Waals surface area contributed by atoms with E-state index < -0.39 is 11.0 Å².